The van der Waals surface area contributed by atoms with E-state index in [-0.39, 0.29) is 0 Å². The second-order valence-corrected chi connectivity index (χ2v) is 12.3. The van der Waals surface area contributed by atoms with Crippen LogP contribution in [-0.2, 0) is 0 Å². The van der Waals surface area contributed by atoms with Crippen molar-refractivity contribution in [3.05, 3.63) is 168 Å². The van der Waals surface area contributed by atoms with E-state index in [9.17, 15) is 15.8 Å². The van der Waals surface area contributed by atoms with Crippen LogP contribution < -0.4 is 0 Å². The normalized spacial score (nSPS) is 11.1. The highest BCUT2D eigenvalue weighted by Gasteiger charge is 2.20. The number of fused-ring (bicyclic) bond motifs is 6. The number of nitrogens with zero attached hydrogens (tertiary/aromatic N) is 5. The molecule has 0 unspecified atom stereocenters. The van der Waals surface area contributed by atoms with E-state index >= 15 is 0 Å². The third-order valence-electron chi connectivity index (χ3n) is 9.64. The molecule has 50 heavy (non-hydrogen) atoms. The Morgan fingerprint density at radius 1 is 0.400 bits per heavy atom. The van der Waals surface area contributed by atoms with Gasteiger partial charge in [0.05, 0.1) is 62.7 Å². The predicted molar refractivity (Wildman–Crippen MR) is 200 cm³/mol. The van der Waals surface area contributed by atoms with Crippen molar-refractivity contribution in [2.45, 2.75) is 0 Å². The van der Waals surface area contributed by atoms with Gasteiger partial charge in [-0.2, -0.15) is 15.8 Å². The van der Waals surface area contributed by atoms with Gasteiger partial charge in [-0.1, -0.05) is 78.9 Å². The number of aromatic nitrogens is 2. The molecule has 0 spiro atoms. The maximum absolute atomic E-state index is 10.4. The van der Waals surface area contributed by atoms with Crippen LogP contribution in [-0.4, -0.2) is 9.13 Å². The lowest BCUT2D eigenvalue weighted by Gasteiger charge is -2.18. The summed E-state index contributed by atoms with van der Waals surface area (Å²) in [6, 6.07) is 57.7. The minimum absolute atomic E-state index is 0.541. The Morgan fingerprint density at radius 2 is 0.960 bits per heavy atom. The van der Waals surface area contributed by atoms with E-state index in [1.165, 1.54) is 0 Å². The van der Waals surface area contributed by atoms with Crippen LogP contribution in [0.25, 0.3) is 77.2 Å². The first-order valence-electron chi connectivity index (χ1n) is 16.3. The first-order chi connectivity index (χ1) is 24.7. The molecule has 5 heteroatoms. The maximum Gasteiger partial charge on any atom is 0.0998 e. The average molecular weight is 636 g/mol. The first-order valence-corrected chi connectivity index (χ1v) is 16.3. The summed E-state index contributed by atoms with van der Waals surface area (Å²) in [6.07, 6.45) is 0. The Kier molecular flexibility index (Phi) is 6.56. The molecule has 0 radical (unpaired) electrons. The van der Waals surface area contributed by atoms with E-state index in [1.54, 1.807) is 0 Å². The number of hydrogen-bond acceptors (Lipinski definition) is 3. The molecular formula is C45H25N5. The Bertz CT molecular complexity index is 2900. The molecule has 0 atom stereocenters. The molecule has 0 aliphatic carbocycles. The van der Waals surface area contributed by atoms with Gasteiger partial charge >= 0.3 is 0 Å². The zero-order chi connectivity index (χ0) is 33.8. The van der Waals surface area contributed by atoms with Crippen molar-refractivity contribution in [2.75, 3.05) is 0 Å². The predicted octanol–water partition coefficient (Wildman–Crippen LogP) is 10.8. The lowest BCUT2D eigenvalue weighted by atomic mass is 9.89. The third-order valence-corrected chi connectivity index (χ3v) is 9.64. The Labute approximate surface area is 287 Å². The second-order valence-electron chi connectivity index (χ2n) is 12.3. The molecule has 9 aromatic rings. The van der Waals surface area contributed by atoms with Crippen LogP contribution in [0.4, 0.5) is 0 Å². The molecule has 0 fully saturated rings. The maximum atomic E-state index is 10.4. The highest BCUT2D eigenvalue weighted by molar-refractivity contribution is 6.11. The molecule has 230 valence electrons. The van der Waals surface area contributed by atoms with E-state index in [2.05, 4.69) is 100 Å². The lowest BCUT2D eigenvalue weighted by molar-refractivity contribution is 1.18. The van der Waals surface area contributed by atoms with Gasteiger partial charge in [0.15, 0.2) is 0 Å². The fraction of sp³-hybridized carbons (Fsp3) is 0. The summed E-state index contributed by atoms with van der Waals surface area (Å²) in [7, 11) is 0. The zero-order valence-electron chi connectivity index (χ0n) is 26.7. The number of rotatable bonds is 4. The van der Waals surface area contributed by atoms with Crippen molar-refractivity contribution < 1.29 is 0 Å². The Balaban J connectivity index is 1.26. The van der Waals surface area contributed by atoms with Crippen molar-refractivity contribution in [1.29, 1.82) is 15.8 Å². The van der Waals surface area contributed by atoms with Gasteiger partial charge in [0.1, 0.15) is 0 Å². The number of benzene rings is 7. The molecule has 2 aromatic heterocycles. The quantitative estimate of drug-likeness (QED) is 0.193. The molecule has 0 bridgehead atoms. The van der Waals surface area contributed by atoms with E-state index < -0.39 is 0 Å². The Morgan fingerprint density at radius 3 is 1.60 bits per heavy atom. The number of nitriles is 3. The highest BCUT2D eigenvalue weighted by atomic mass is 15.0. The second kappa shape index (κ2) is 11.4. The van der Waals surface area contributed by atoms with E-state index in [0.717, 1.165) is 77.2 Å². The van der Waals surface area contributed by atoms with Crippen LogP contribution >= 0.6 is 0 Å². The topological polar surface area (TPSA) is 81.2 Å². The van der Waals surface area contributed by atoms with Gasteiger partial charge < -0.3 is 9.13 Å². The standard InChI is InChI=1S/C45H25N5/c46-26-29-16-22-43-38(24-29)36-11-3-4-13-40(36)49(43)33-20-18-31(19-21-33)45-32(28-48)8-7-12-37(45)39-25-30(27-47)17-23-44(39)50-41-14-5-1-9-34(41)35-10-2-6-15-42(35)50/h1-25H. The van der Waals surface area contributed by atoms with E-state index in [0.29, 0.717) is 16.7 Å². The fourth-order valence-electron chi connectivity index (χ4n) is 7.48. The minimum Gasteiger partial charge on any atom is -0.309 e. The van der Waals surface area contributed by atoms with Gasteiger partial charge in [-0.05, 0) is 83.9 Å². The van der Waals surface area contributed by atoms with Crippen LogP contribution in [0.15, 0.2) is 152 Å². The van der Waals surface area contributed by atoms with Crippen LogP contribution in [0, 0.1) is 34.0 Å². The number of hydrogen-bond donors (Lipinski definition) is 0. The van der Waals surface area contributed by atoms with Crippen LogP contribution in [0.5, 0.6) is 0 Å². The molecule has 2 heterocycles. The number of para-hydroxylation sites is 3. The third kappa shape index (κ3) is 4.31. The van der Waals surface area contributed by atoms with Crippen molar-refractivity contribution >= 4 is 43.6 Å². The molecule has 0 amide bonds. The van der Waals surface area contributed by atoms with Gasteiger partial charge in [-0.25, -0.2) is 0 Å². The monoisotopic (exact) mass is 635 g/mol. The summed E-state index contributed by atoms with van der Waals surface area (Å²) in [5, 5.41) is 34.4. The van der Waals surface area contributed by atoms with E-state index in [4.69, 9.17) is 0 Å². The summed E-state index contributed by atoms with van der Waals surface area (Å²) < 4.78 is 4.47. The van der Waals surface area contributed by atoms with Gasteiger partial charge in [-0.3, -0.25) is 0 Å². The van der Waals surface area contributed by atoms with Crippen LogP contribution in [0.3, 0.4) is 0 Å². The van der Waals surface area contributed by atoms with E-state index in [1.807, 2.05) is 78.9 Å². The molecule has 0 aliphatic rings. The van der Waals surface area contributed by atoms with Crippen molar-refractivity contribution in [2.24, 2.45) is 0 Å². The van der Waals surface area contributed by atoms with Crippen LogP contribution in [0.1, 0.15) is 16.7 Å². The van der Waals surface area contributed by atoms with Gasteiger partial charge in [0, 0.05) is 38.4 Å². The Hall–Kier alpha value is -7.39. The van der Waals surface area contributed by atoms with Crippen molar-refractivity contribution in [3.8, 4) is 51.8 Å². The van der Waals surface area contributed by atoms with Gasteiger partial charge in [-0.15, -0.1) is 0 Å². The van der Waals surface area contributed by atoms with Gasteiger partial charge in [0.25, 0.3) is 0 Å². The molecular weight excluding hydrogens is 611 g/mol. The SMILES string of the molecule is N#Cc1ccc(-n2c3ccccc3c3ccccc32)c(-c2cccc(C#N)c2-c2ccc(-n3c4ccccc4c4cc(C#N)ccc43)cc2)c1. The summed E-state index contributed by atoms with van der Waals surface area (Å²) in [6.45, 7) is 0. The van der Waals surface area contributed by atoms with Crippen molar-refractivity contribution in [3.63, 3.8) is 0 Å². The molecule has 0 saturated heterocycles. The van der Waals surface area contributed by atoms with Crippen LogP contribution in [0.2, 0.25) is 0 Å². The molecule has 0 aliphatic heterocycles. The smallest absolute Gasteiger partial charge is 0.0998 e. The molecule has 0 N–H and O–H groups in total. The summed E-state index contributed by atoms with van der Waals surface area (Å²) >= 11 is 0. The zero-order valence-corrected chi connectivity index (χ0v) is 26.7. The molecule has 0 saturated carbocycles. The lowest BCUT2D eigenvalue weighted by Crippen LogP contribution is -2.00. The molecule has 5 nitrogen and oxygen atoms in total. The molecule has 7 aromatic carbocycles. The highest BCUT2D eigenvalue weighted by Crippen LogP contribution is 2.42. The molecule has 9 rings (SSSR count). The average Bonchev–Trinajstić information content (AvgIpc) is 3.70. The summed E-state index contributed by atoms with van der Waals surface area (Å²) in [4.78, 5) is 0. The summed E-state index contributed by atoms with van der Waals surface area (Å²) in [5.74, 6) is 0. The summed E-state index contributed by atoms with van der Waals surface area (Å²) in [5.41, 5.74) is 11.2. The van der Waals surface area contributed by atoms with Gasteiger partial charge in [0.2, 0.25) is 0 Å². The minimum atomic E-state index is 0.541. The fourth-order valence-corrected chi connectivity index (χ4v) is 7.48. The first kappa shape index (κ1) is 28.8. The largest absolute Gasteiger partial charge is 0.309 e. The van der Waals surface area contributed by atoms with Crippen molar-refractivity contribution in [1.82, 2.24) is 9.13 Å².